The summed E-state index contributed by atoms with van der Waals surface area (Å²) < 4.78 is 0. The highest BCUT2D eigenvalue weighted by Crippen LogP contribution is 2.45. The van der Waals surface area contributed by atoms with Gasteiger partial charge in [-0.15, -0.1) is 0 Å². The number of H-pyrrole nitrogens is 1. The first-order valence-corrected chi connectivity index (χ1v) is 6.53. The summed E-state index contributed by atoms with van der Waals surface area (Å²) in [6, 6.07) is 7.55. The van der Waals surface area contributed by atoms with Gasteiger partial charge in [0.15, 0.2) is 0 Å². The van der Waals surface area contributed by atoms with Crippen LogP contribution in [0, 0.1) is 5.41 Å². The Bertz CT molecular complexity index is 673. The van der Waals surface area contributed by atoms with E-state index in [2.05, 4.69) is 15.5 Å². The number of amides is 1. The number of nitrogens with zero attached hydrogens (tertiary/aromatic N) is 1. The van der Waals surface area contributed by atoms with Crippen molar-refractivity contribution in [2.75, 3.05) is 6.54 Å². The van der Waals surface area contributed by atoms with Gasteiger partial charge in [-0.3, -0.25) is 14.7 Å². The number of carbonyl (C=O) groups excluding carboxylic acids is 1. The molecule has 1 saturated carbocycles. The minimum absolute atomic E-state index is 0.177. The molecule has 1 fully saturated rings. The van der Waals surface area contributed by atoms with E-state index in [-0.39, 0.29) is 18.9 Å². The zero-order valence-electron chi connectivity index (χ0n) is 10.8. The van der Waals surface area contributed by atoms with Crippen LogP contribution >= 0.6 is 0 Å². The molecule has 1 aliphatic rings. The van der Waals surface area contributed by atoms with Crippen LogP contribution in [0.3, 0.4) is 0 Å². The second kappa shape index (κ2) is 4.63. The quantitative estimate of drug-likeness (QED) is 0.759. The van der Waals surface area contributed by atoms with Crippen molar-refractivity contribution in [3.05, 3.63) is 30.0 Å². The second-order valence-electron chi connectivity index (χ2n) is 5.26. The smallest absolute Gasteiger partial charge is 0.311 e. The third-order valence-corrected chi connectivity index (χ3v) is 3.81. The average molecular weight is 273 g/mol. The molecule has 6 nitrogen and oxygen atoms in total. The van der Waals surface area contributed by atoms with E-state index in [1.807, 2.05) is 24.3 Å². The Balaban J connectivity index is 1.63. The van der Waals surface area contributed by atoms with Crippen LogP contribution in [0.15, 0.2) is 24.3 Å². The highest BCUT2D eigenvalue weighted by Gasteiger charge is 2.50. The van der Waals surface area contributed by atoms with Crippen molar-refractivity contribution in [3.8, 4) is 0 Å². The van der Waals surface area contributed by atoms with Crippen LogP contribution in [0.25, 0.3) is 10.9 Å². The lowest BCUT2D eigenvalue weighted by Gasteiger charge is -2.10. The summed E-state index contributed by atoms with van der Waals surface area (Å²) in [7, 11) is 0. The molecule has 0 bridgehead atoms. The topological polar surface area (TPSA) is 95.1 Å². The molecule has 1 heterocycles. The van der Waals surface area contributed by atoms with Crippen molar-refractivity contribution >= 4 is 22.8 Å². The van der Waals surface area contributed by atoms with Gasteiger partial charge in [-0.2, -0.15) is 5.10 Å². The van der Waals surface area contributed by atoms with Gasteiger partial charge in [0.1, 0.15) is 0 Å². The van der Waals surface area contributed by atoms with Crippen molar-refractivity contribution in [1.29, 1.82) is 0 Å². The third kappa shape index (κ3) is 2.24. The van der Waals surface area contributed by atoms with Crippen molar-refractivity contribution in [2.45, 2.75) is 19.3 Å². The monoisotopic (exact) mass is 273 g/mol. The molecule has 0 unspecified atom stereocenters. The summed E-state index contributed by atoms with van der Waals surface area (Å²) in [6.07, 6.45) is 1.45. The molecule has 0 aliphatic heterocycles. The van der Waals surface area contributed by atoms with Gasteiger partial charge in [0.25, 0.3) is 0 Å². The Morgan fingerprint density at radius 1 is 1.35 bits per heavy atom. The Labute approximate surface area is 115 Å². The number of hydrogen-bond acceptors (Lipinski definition) is 3. The summed E-state index contributed by atoms with van der Waals surface area (Å²) in [5.74, 6) is -1.02. The summed E-state index contributed by atoms with van der Waals surface area (Å²) in [6.45, 7) is 0.202. The number of aromatic amines is 1. The summed E-state index contributed by atoms with van der Waals surface area (Å²) in [5, 5.41) is 19.6. The Hall–Kier alpha value is -2.37. The van der Waals surface area contributed by atoms with Crippen LogP contribution in [0.4, 0.5) is 0 Å². The molecule has 0 atom stereocenters. The van der Waals surface area contributed by atoms with Crippen LogP contribution in [0.2, 0.25) is 0 Å². The fourth-order valence-corrected chi connectivity index (χ4v) is 2.26. The van der Waals surface area contributed by atoms with Gasteiger partial charge in [0.05, 0.1) is 23.0 Å². The molecule has 1 amide bonds. The predicted molar refractivity (Wildman–Crippen MR) is 72.1 cm³/mol. The molecule has 1 aromatic carbocycles. The number of benzene rings is 1. The van der Waals surface area contributed by atoms with E-state index >= 15 is 0 Å². The maximum Gasteiger partial charge on any atom is 0.311 e. The second-order valence-corrected chi connectivity index (χ2v) is 5.26. The molecule has 0 radical (unpaired) electrons. The number of fused-ring (bicyclic) bond motifs is 1. The van der Waals surface area contributed by atoms with E-state index in [0.29, 0.717) is 12.8 Å². The summed E-state index contributed by atoms with van der Waals surface area (Å²) in [4.78, 5) is 22.9. The molecule has 20 heavy (non-hydrogen) atoms. The van der Waals surface area contributed by atoms with Gasteiger partial charge in [0, 0.05) is 11.9 Å². The standard InChI is InChI=1S/C14H15N3O3/c18-12(15-8-14(5-6-14)13(19)20)7-11-9-3-1-2-4-10(9)16-17-11/h1-4H,5-8H2,(H,15,18)(H,16,17)(H,19,20). The molecular formula is C14H15N3O3. The Morgan fingerprint density at radius 2 is 2.10 bits per heavy atom. The maximum absolute atomic E-state index is 11.9. The van der Waals surface area contributed by atoms with Gasteiger partial charge < -0.3 is 10.4 Å². The summed E-state index contributed by atoms with van der Waals surface area (Å²) in [5.41, 5.74) is 0.837. The van der Waals surface area contributed by atoms with Gasteiger partial charge in [-0.25, -0.2) is 0 Å². The van der Waals surface area contributed by atoms with Crippen molar-refractivity contribution in [3.63, 3.8) is 0 Å². The first kappa shape index (κ1) is 12.7. The number of carboxylic acids is 1. The van der Waals surface area contributed by atoms with Crippen LogP contribution in [0.5, 0.6) is 0 Å². The normalized spacial score (nSPS) is 16.0. The van der Waals surface area contributed by atoms with E-state index < -0.39 is 11.4 Å². The minimum Gasteiger partial charge on any atom is -0.481 e. The zero-order chi connectivity index (χ0) is 14.2. The van der Waals surface area contributed by atoms with Gasteiger partial charge >= 0.3 is 5.97 Å². The fourth-order valence-electron chi connectivity index (χ4n) is 2.26. The van der Waals surface area contributed by atoms with E-state index in [4.69, 9.17) is 5.11 Å². The number of carbonyl (C=O) groups is 2. The lowest BCUT2D eigenvalue weighted by atomic mass is 10.1. The van der Waals surface area contributed by atoms with Gasteiger partial charge in [-0.1, -0.05) is 18.2 Å². The molecule has 0 saturated heterocycles. The third-order valence-electron chi connectivity index (χ3n) is 3.81. The van der Waals surface area contributed by atoms with Crippen LogP contribution in [-0.2, 0) is 16.0 Å². The number of aromatic nitrogens is 2. The number of hydrogen-bond donors (Lipinski definition) is 3. The highest BCUT2D eigenvalue weighted by atomic mass is 16.4. The van der Waals surface area contributed by atoms with Gasteiger partial charge in [0.2, 0.25) is 5.91 Å². The van der Waals surface area contributed by atoms with E-state index in [1.165, 1.54) is 0 Å². The van der Waals surface area contributed by atoms with Gasteiger partial charge in [-0.05, 0) is 18.9 Å². The van der Waals surface area contributed by atoms with E-state index in [0.717, 1.165) is 16.6 Å². The Morgan fingerprint density at radius 3 is 2.80 bits per heavy atom. The lowest BCUT2D eigenvalue weighted by molar-refractivity contribution is -0.143. The van der Waals surface area contributed by atoms with E-state index in [1.54, 1.807) is 0 Å². The fraction of sp³-hybridized carbons (Fsp3) is 0.357. The molecule has 2 aromatic rings. The van der Waals surface area contributed by atoms with Crippen molar-refractivity contribution in [2.24, 2.45) is 5.41 Å². The minimum atomic E-state index is -0.829. The molecule has 104 valence electrons. The number of para-hydroxylation sites is 1. The lowest BCUT2D eigenvalue weighted by Crippen LogP contribution is -2.35. The SMILES string of the molecule is O=C(Cc1[nH]nc2ccccc12)NCC1(C(=O)O)CC1. The maximum atomic E-state index is 11.9. The molecular weight excluding hydrogens is 258 g/mol. The van der Waals surface area contributed by atoms with E-state index in [9.17, 15) is 9.59 Å². The van der Waals surface area contributed by atoms with Crippen molar-refractivity contribution < 1.29 is 14.7 Å². The van der Waals surface area contributed by atoms with Crippen molar-refractivity contribution in [1.82, 2.24) is 15.5 Å². The number of carboxylic acid groups (broad SMARTS) is 1. The molecule has 0 spiro atoms. The largest absolute Gasteiger partial charge is 0.481 e. The van der Waals surface area contributed by atoms with Crippen LogP contribution < -0.4 is 5.32 Å². The summed E-state index contributed by atoms with van der Waals surface area (Å²) >= 11 is 0. The van der Waals surface area contributed by atoms with Crippen LogP contribution in [-0.4, -0.2) is 33.7 Å². The zero-order valence-corrected chi connectivity index (χ0v) is 10.8. The molecule has 6 heteroatoms. The molecule has 3 rings (SSSR count). The average Bonchev–Trinajstić information content (AvgIpc) is 3.14. The van der Waals surface area contributed by atoms with Crippen LogP contribution in [0.1, 0.15) is 18.5 Å². The number of rotatable bonds is 5. The predicted octanol–water partition coefficient (Wildman–Crippen LogP) is 1.09. The first-order valence-electron chi connectivity index (χ1n) is 6.53. The highest BCUT2D eigenvalue weighted by molar-refractivity contribution is 5.87. The molecule has 1 aliphatic carbocycles. The molecule has 3 N–H and O–H groups in total. The number of nitrogens with one attached hydrogen (secondary N) is 2. The Kier molecular flexibility index (Phi) is 2.93. The molecule has 1 aromatic heterocycles. The first-order chi connectivity index (χ1) is 9.61. The number of aliphatic carboxylic acids is 1.